The fraction of sp³-hybridized carbons (Fsp3) is 0.136. The first kappa shape index (κ1) is 18.9. The number of carbonyl (C=O) groups is 1. The molecule has 0 fully saturated rings. The Morgan fingerprint density at radius 2 is 1.86 bits per heavy atom. The van der Waals surface area contributed by atoms with Crippen LogP contribution in [0.25, 0.3) is 10.2 Å². The van der Waals surface area contributed by atoms with Gasteiger partial charge in [0.25, 0.3) is 5.91 Å². The Hall–Kier alpha value is -2.44. The zero-order valence-corrected chi connectivity index (χ0v) is 17.6. The third-order valence-electron chi connectivity index (χ3n) is 4.64. The van der Waals surface area contributed by atoms with Gasteiger partial charge in [0.1, 0.15) is 11.5 Å². The molecule has 0 aliphatic rings. The summed E-state index contributed by atoms with van der Waals surface area (Å²) in [7, 11) is 1.80. The van der Waals surface area contributed by atoms with E-state index in [1.54, 1.807) is 29.4 Å². The molecule has 0 aliphatic carbocycles. The minimum atomic E-state index is -0.278. The minimum absolute atomic E-state index is 0.0597. The molecule has 0 aliphatic heterocycles. The SMILES string of the molecule is CN(Cc1ccccc1)C(=O)c1cc2scc(Br)c2n1Cc1cccc(F)c1. The van der Waals surface area contributed by atoms with Gasteiger partial charge < -0.3 is 9.47 Å². The van der Waals surface area contributed by atoms with Gasteiger partial charge in [-0.1, -0.05) is 42.5 Å². The number of amides is 1. The Morgan fingerprint density at radius 3 is 2.61 bits per heavy atom. The van der Waals surface area contributed by atoms with Gasteiger partial charge in [-0.3, -0.25) is 4.79 Å². The molecule has 6 heteroatoms. The normalized spacial score (nSPS) is 11.1. The van der Waals surface area contributed by atoms with E-state index in [2.05, 4.69) is 15.9 Å². The summed E-state index contributed by atoms with van der Waals surface area (Å²) in [4.78, 5) is 14.9. The first-order valence-electron chi connectivity index (χ1n) is 8.83. The van der Waals surface area contributed by atoms with Crippen LogP contribution < -0.4 is 0 Å². The molecule has 2 aromatic carbocycles. The Morgan fingerprint density at radius 1 is 1.11 bits per heavy atom. The number of hydrogen-bond donors (Lipinski definition) is 0. The molecule has 3 nitrogen and oxygen atoms in total. The lowest BCUT2D eigenvalue weighted by Crippen LogP contribution is -2.28. The van der Waals surface area contributed by atoms with E-state index in [-0.39, 0.29) is 11.7 Å². The standard InChI is InChI=1S/C22H18BrFN2OS/c1-25(12-15-6-3-2-4-7-15)22(27)19-11-20-21(18(23)14-28-20)26(19)13-16-8-5-9-17(24)10-16/h2-11,14H,12-13H2,1H3. The maximum atomic E-state index is 13.7. The van der Waals surface area contributed by atoms with Crippen LogP contribution in [0.15, 0.2) is 70.5 Å². The van der Waals surface area contributed by atoms with Crippen molar-refractivity contribution >= 4 is 43.4 Å². The van der Waals surface area contributed by atoms with E-state index < -0.39 is 0 Å². The Kier molecular flexibility index (Phi) is 5.33. The zero-order chi connectivity index (χ0) is 19.7. The lowest BCUT2D eigenvalue weighted by Gasteiger charge is -2.19. The Bertz CT molecular complexity index is 1140. The molecule has 142 valence electrons. The average Bonchev–Trinajstić information content (AvgIpc) is 3.22. The molecule has 4 aromatic rings. The summed E-state index contributed by atoms with van der Waals surface area (Å²) in [5, 5.41) is 2.01. The van der Waals surface area contributed by atoms with Gasteiger partial charge in [-0.15, -0.1) is 11.3 Å². The maximum Gasteiger partial charge on any atom is 0.270 e. The molecule has 0 atom stereocenters. The highest BCUT2D eigenvalue weighted by Gasteiger charge is 2.21. The number of aromatic nitrogens is 1. The van der Waals surface area contributed by atoms with Crippen LogP contribution in [-0.4, -0.2) is 22.4 Å². The number of halogens is 2. The van der Waals surface area contributed by atoms with Gasteiger partial charge in [0, 0.05) is 25.5 Å². The highest BCUT2D eigenvalue weighted by molar-refractivity contribution is 9.10. The highest BCUT2D eigenvalue weighted by Crippen LogP contribution is 2.34. The maximum absolute atomic E-state index is 13.7. The van der Waals surface area contributed by atoms with E-state index in [1.807, 2.05) is 52.4 Å². The van der Waals surface area contributed by atoms with Crippen molar-refractivity contribution in [1.82, 2.24) is 9.47 Å². The van der Waals surface area contributed by atoms with Crippen LogP contribution in [0.4, 0.5) is 4.39 Å². The first-order chi connectivity index (χ1) is 13.5. The van der Waals surface area contributed by atoms with Crippen LogP contribution in [0.5, 0.6) is 0 Å². The van der Waals surface area contributed by atoms with Crippen molar-refractivity contribution in [3.8, 4) is 0 Å². The number of carbonyl (C=O) groups excluding carboxylic acids is 1. The van der Waals surface area contributed by atoms with Gasteiger partial charge in [-0.05, 0) is 45.3 Å². The predicted octanol–water partition coefficient (Wildman–Crippen LogP) is 5.92. The molecule has 28 heavy (non-hydrogen) atoms. The smallest absolute Gasteiger partial charge is 0.270 e. The minimum Gasteiger partial charge on any atom is -0.336 e. The first-order valence-corrected chi connectivity index (χ1v) is 10.5. The van der Waals surface area contributed by atoms with Crippen LogP contribution in [0.1, 0.15) is 21.6 Å². The second kappa shape index (κ2) is 7.89. The van der Waals surface area contributed by atoms with Crippen molar-refractivity contribution in [3.05, 3.63) is 93.2 Å². The van der Waals surface area contributed by atoms with Gasteiger partial charge in [0.05, 0.1) is 14.7 Å². The number of benzene rings is 2. The monoisotopic (exact) mass is 456 g/mol. The third kappa shape index (κ3) is 3.75. The molecule has 0 unspecified atom stereocenters. The summed E-state index contributed by atoms with van der Waals surface area (Å²) >= 11 is 5.17. The molecule has 0 spiro atoms. The molecule has 0 bridgehead atoms. The Balaban J connectivity index is 1.71. The van der Waals surface area contributed by atoms with Crippen LogP contribution in [0, 0.1) is 5.82 Å². The van der Waals surface area contributed by atoms with E-state index in [0.29, 0.717) is 18.8 Å². The number of rotatable bonds is 5. The molecule has 2 aromatic heterocycles. The predicted molar refractivity (Wildman–Crippen MR) is 115 cm³/mol. The van der Waals surface area contributed by atoms with Crippen LogP contribution in [0.3, 0.4) is 0 Å². The van der Waals surface area contributed by atoms with Gasteiger partial charge in [0.15, 0.2) is 0 Å². The number of fused-ring (bicyclic) bond motifs is 1. The van der Waals surface area contributed by atoms with E-state index >= 15 is 0 Å². The molecule has 0 saturated carbocycles. The molecule has 4 rings (SSSR count). The number of hydrogen-bond acceptors (Lipinski definition) is 2. The van der Waals surface area contributed by atoms with Crippen molar-refractivity contribution in [1.29, 1.82) is 0 Å². The fourth-order valence-electron chi connectivity index (χ4n) is 3.32. The van der Waals surface area contributed by atoms with Gasteiger partial charge in [-0.25, -0.2) is 4.39 Å². The molecule has 0 N–H and O–H groups in total. The lowest BCUT2D eigenvalue weighted by molar-refractivity contribution is 0.0775. The summed E-state index contributed by atoms with van der Waals surface area (Å²) in [6.07, 6.45) is 0. The van der Waals surface area contributed by atoms with Crippen LogP contribution in [0.2, 0.25) is 0 Å². The van der Waals surface area contributed by atoms with Crippen molar-refractivity contribution < 1.29 is 9.18 Å². The number of thiophene rings is 1. The van der Waals surface area contributed by atoms with Gasteiger partial charge in [-0.2, -0.15) is 0 Å². The average molecular weight is 457 g/mol. The lowest BCUT2D eigenvalue weighted by atomic mass is 10.2. The van der Waals surface area contributed by atoms with Crippen molar-refractivity contribution in [2.45, 2.75) is 13.1 Å². The van der Waals surface area contributed by atoms with E-state index in [9.17, 15) is 9.18 Å². The summed E-state index contributed by atoms with van der Waals surface area (Å²) in [6.45, 7) is 0.955. The molecular formula is C22H18BrFN2OS. The summed E-state index contributed by atoms with van der Waals surface area (Å²) < 4.78 is 17.6. The van der Waals surface area contributed by atoms with Crippen molar-refractivity contribution in [3.63, 3.8) is 0 Å². The topological polar surface area (TPSA) is 25.2 Å². The Labute approximate surface area is 175 Å². The third-order valence-corrected chi connectivity index (χ3v) is 6.46. The summed E-state index contributed by atoms with van der Waals surface area (Å²) in [6, 6.07) is 18.3. The highest BCUT2D eigenvalue weighted by atomic mass is 79.9. The molecule has 1 amide bonds. The van der Waals surface area contributed by atoms with Crippen LogP contribution >= 0.6 is 27.3 Å². The van der Waals surface area contributed by atoms with Crippen LogP contribution in [-0.2, 0) is 13.1 Å². The second-order valence-corrected chi connectivity index (χ2v) is 8.45. The quantitative estimate of drug-likeness (QED) is 0.365. The van der Waals surface area contributed by atoms with Gasteiger partial charge >= 0.3 is 0 Å². The second-order valence-electron chi connectivity index (χ2n) is 6.69. The largest absolute Gasteiger partial charge is 0.336 e. The van der Waals surface area contributed by atoms with Gasteiger partial charge in [0.2, 0.25) is 0 Å². The van der Waals surface area contributed by atoms with E-state index in [0.717, 1.165) is 25.8 Å². The number of nitrogens with zero attached hydrogens (tertiary/aromatic N) is 2. The van der Waals surface area contributed by atoms with E-state index in [4.69, 9.17) is 0 Å². The molecule has 0 radical (unpaired) electrons. The summed E-state index contributed by atoms with van der Waals surface area (Å²) in [5.74, 6) is -0.338. The van der Waals surface area contributed by atoms with Crippen molar-refractivity contribution in [2.24, 2.45) is 0 Å². The van der Waals surface area contributed by atoms with Crippen molar-refractivity contribution in [2.75, 3.05) is 7.05 Å². The van der Waals surface area contributed by atoms with E-state index in [1.165, 1.54) is 12.1 Å². The molecule has 0 saturated heterocycles. The molecular weight excluding hydrogens is 439 g/mol. The fourth-order valence-corrected chi connectivity index (χ4v) is 5.01. The molecule has 2 heterocycles. The summed E-state index contributed by atoms with van der Waals surface area (Å²) in [5.41, 5.74) is 3.45. The zero-order valence-electron chi connectivity index (χ0n) is 15.2.